The Hall–Kier alpha value is -1.88. The molecule has 0 spiro atoms. The van der Waals surface area contributed by atoms with Crippen molar-refractivity contribution in [3.05, 3.63) is 29.8 Å². The van der Waals surface area contributed by atoms with Gasteiger partial charge in [-0.3, -0.25) is 9.59 Å². The van der Waals surface area contributed by atoms with E-state index in [0.29, 0.717) is 13.2 Å². The first-order valence-corrected chi connectivity index (χ1v) is 9.31. The van der Waals surface area contributed by atoms with Crippen LogP contribution in [0.1, 0.15) is 44.6 Å². The van der Waals surface area contributed by atoms with Gasteiger partial charge in [-0.2, -0.15) is 0 Å². The van der Waals surface area contributed by atoms with Gasteiger partial charge in [-0.15, -0.1) is 0 Å². The fraction of sp³-hybridized carbons (Fsp3) is 0.600. The number of hydrogen-bond acceptors (Lipinski definition) is 3. The zero-order valence-corrected chi connectivity index (χ0v) is 15.3. The first-order chi connectivity index (χ1) is 12.2. The summed E-state index contributed by atoms with van der Waals surface area (Å²) in [6.45, 7) is 3.40. The van der Waals surface area contributed by atoms with E-state index >= 15 is 0 Å². The van der Waals surface area contributed by atoms with Crippen LogP contribution >= 0.6 is 0 Å². The summed E-state index contributed by atoms with van der Waals surface area (Å²) in [5.41, 5.74) is 2.06. The largest absolute Gasteiger partial charge is 0.385 e. The molecule has 0 saturated heterocycles. The minimum Gasteiger partial charge on any atom is -0.385 e. The number of carbonyl (C=O) groups excluding carboxylic acids is 2. The molecule has 0 aromatic heterocycles. The number of nitrogens with one attached hydrogen (secondary N) is 2. The molecule has 1 aliphatic carbocycles. The minimum absolute atomic E-state index is 0.00227. The van der Waals surface area contributed by atoms with E-state index in [2.05, 4.69) is 17.6 Å². The highest BCUT2D eigenvalue weighted by Gasteiger charge is 2.29. The number of methoxy groups -OCH3 is 1. The molecule has 5 heteroatoms. The molecule has 0 aliphatic heterocycles. The number of aryl methyl sites for hydroxylation is 1. The van der Waals surface area contributed by atoms with Gasteiger partial charge in [0.1, 0.15) is 0 Å². The monoisotopic (exact) mass is 346 g/mol. The molecule has 1 fully saturated rings. The van der Waals surface area contributed by atoms with Gasteiger partial charge in [0.25, 0.3) is 0 Å². The lowest BCUT2D eigenvalue weighted by molar-refractivity contribution is -0.128. The summed E-state index contributed by atoms with van der Waals surface area (Å²) in [5.74, 6) is 0.239. The molecule has 0 unspecified atom stereocenters. The topological polar surface area (TPSA) is 67.4 Å². The quantitative estimate of drug-likeness (QED) is 0.711. The van der Waals surface area contributed by atoms with Gasteiger partial charge in [-0.25, -0.2) is 0 Å². The van der Waals surface area contributed by atoms with Crippen LogP contribution in [0.3, 0.4) is 0 Å². The summed E-state index contributed by atoms with van der Waals surface area (Å²) in [4.78, 5) is 24.7. The lowest BCUT2D eigenvalue weighted by Crippen LogP contribution is -2.36. The maximum absolute atomic E-state index is 12.5. The molecule has 2 N–H and O–H groups in total. The van der Waals surface area contributed by atoms with Crippen LogP contribution in [0.15, 0.2) is 24.3 Å². The van der Waals surface area contributed by atoms with E-state index in [1.165, 1.54) is 0 Å². The Kier molecular flexibility index (Phi) is 7.92. The highest BCUT2D eigenvalue weighted by molar-refractivity contribution is 5.93. The third-order valence-electron chi connectivity index (χ3n) is 4.95. The Balaban J connectivity index is 1.77. The summed E-state index contributed by atoms with van der Waals surface area (Å²) in [7, 11) is 1.66. The molecule has 138 valence electrons. The van der Waals surface area contributed by atoms with Crippen molar-refractivity contribution in [3.8, 4) is 0 Å². The van der Waals surface area contributed by atoms with E-state index in [1.807, 2.05) is 24.3 Å². The Morgan fingerprint density at radius 2 is 1.72 bits per heavy atom. The zero-order valence-electron chi connectivity index (χ0n) is 15.3. The van der Waals surface area contributed by atoms with Crippen molar-refractivity contribution < 1.29 is 14.3 Å². The number of rotatable bonds is 8. The van der Waals surface area contributed by atoms with Gasteiger partial charge >= 0.3 is 0 Å². The van der Waals surface area contributed by atoms with E-state index in [-0.39, 0.29) is 23.7 Å². The van der Waals surface area contributed by atoms with Crippen molar-refractivity contribution in [2.75, 3.05) is 25.6 Å². The first-order valence-electron chi connectivity index (χ1n) is 9.31. The van der Waals surface area contributed by atoms with E-state index in [0.717, 1.165) is 49.8 Å². The molecule has 1 saturated carbocycles. The van der Waals surface area contributed by atoms with Crippen LogP contribution < -0.4 is 10.6 Å². The second-order valence-corrected chi connectivity index (χ2v) is 6.69. The Labute approximate surface area is 150 Å². The second kappa shape index (κ2) is 10.2. The number of anilines is 1. The van der Waals surface area contributed by atoms with Crippen molar-refractivity contribution >= 4 is 17.5 Å². The molecule has 0 heterocycles. The molecule has 5 nitrogen and oxygen atoms in total. The van der Waals surface area contributed by atoms with Crippen LogP contribution in [0.25, 0.3) is 0 Å². The zero-order chi connectivity index (χ0) is 18.1. The second-order valence-electron chi connectivity index (χ2n) is 6.69. The van der Waals surface area contributed by atoms with Gasteiger partial charge in [0.15, 0.2) is 0 Å². The number of amides is 2. The van der Waals surface area contributed by atoms with Crippen molar-refractivity contribution in [1.82, 2.24) is 5.32 Å². The summed E-state index contributed by atoms with van der Waals surface area (Å²) in [5, 5.41) is 6.04. The van der Waals surface area contributed by atoms with E-state index in [9.17, 15) is 9.59 Å². The Morgan fingerprint density at radius 3 is 2.36 bits per heavy atom. The van der Waals surface area contributed by atoms with Crippen molar-refractivity contribution in [2.45, 2.75) is 45.4 Å². The van der Waals surface area contributed by atoms with Crippen LogP contribution in [0.2, 0.25) is 0 Å². The number of carbonyl (C=O) groups is 2. The highest BCUT2D eigenvalue weighted by Crippen LogP contribution is 2.30. The Bertz CT molecular complexity index is 566. The van der Waals surface area contributed by atoms with Gasteiger partial charge in [-0.05, 0) is 50.2 Å². The average Bonchev–Trinajstić information content (AvgIpc) is 2.65. The molecule has 0 radical (unpaired) electrons. The summed E-state index contributed by atoms with van der Waals surface area (Å²) in [6.07, 6.45) is 4.84. The number of ether oxygens (including phenoxy) is 1. The summed E-state index contributed by atoms with van der Waals surface area (Å²) >= 11 is 0. The number of benzene rings is 1. The molecule has 25 heavy (non-hydrogen) atoms. The maximum atomic E-state index is 12.5. The van der Waals surface area contributed by atoms with Crippen LogP contribution in [0, 0.1) is 11.8 Å². The predicted molar refractivity (Wildman–Crippen MR) is 99.4 cm³/mol. The SMILES string of the molecule is CCc1ccccc1NC(=O)C1CCC(C(=O)NCCCOC)CC1. The fourth-order valence-electron chi connectivity index (χ4n) is 3.38. The number of hydrogen-bond donors (Lipinski definition) is 2. The third-order valence-corrected chi connectivity index (χ3v) is 4.95. The lowest BCUT2D eigenvalue weighted by Gasteiger charge is -2.27. The van der Waals surface area contributed by atoms with Crippen molar-refractivity contribution in [1.29, 1.82) is 0 Å². The van der Waals surface area contributed by atoms with Gasteiger partial charge in [-0.1, -0.05) is 25.1 Å². The number of para-hydroxylation sites is 1. The van der Waals surface area contributed by atoms with E-state index < -0.39 is 0 Å². The molecular weight excluding hydrogens is 316 g/mol. The van der Waals surface area contributed by atoms with Crippen LogP contribution in [0.4, 0.5) is 5.69 Å². The minimum atomic E-state index is 0.00227. The molecule has 2 amide bonds. The summed E-state index contributed by atoms with van der Waals surface area (Å²) in [6, 6.07) is 7.93. The van der Waals surface area contributed by atoms with Gasteiger partial charge in [0.05, 0.1) is 0 Å². The van der Waals surface area contributed by atoms with Crippen LogP contribution in [-0.4, -0.2) is 32.1 Å². The molecule has 1 aliphatic rings. The molecule has 2 rings (SSSR count). The average molecular weight is 346 g/mol. The van der Waals surface area contributed by atoms with E-state index in [1.54, 1.807) is 7.11 Å². The standard InChI is InChI=1S/C20H30N2O3/c1-3-15-7-4-5-8-18(15)22-20(24)17-11-9-16(10-12-17)19(23)21-13-6-14-25-2/h4-5,7-8,16-17H,3,6,9-14H2,1-2H3,(H,21,23)(H,22,24). The maximum Gasteiger partial charge on any atom is 0.227 e. The van der Waals surface area contributed by atoms with Gasteiger partial charge < -0.3 is 15.4 Å². The van der Waals surface area contributed by atoms with Crippen molar-refractivity contribution in [2.24, 2.45) is 11.8 Å². The molecule has 1 aromatic rings. The first kappa shape index (κ1) is 19.4. The predicted octanol–water partition coefficient (Wildman–Crippen LogP) is 3.15. The van der Waals surface area contributed by atoms with Gasteiger partial charge in [0.2, 0.25) is 11.8 Å². The smallest absolute Gasteiger partial charge is 0.227 e. The summed E-state index contributed by atoms with van der Waals surface area (Å²) < 4.78 is 4.98. The normalized spacial score (nSPS) is 20.1. The molecule has 0 atom stereocenters. The van der Waals surface area contributed by atoms with Crippen molar-refractivity contribution in [3.63, 3.8) is 0 Å². The molecule has 1 aromatic carbocycles. The highest BCUT2D eigenvalue weighted by atomic mass is 16.5. The van der Waals surface area contributed by atoms with Crippen LogP contribution in [-0.2, 0) is 20.7 Å². The lowest BCUT2D eigenvalue weighted by atomic mass is 9.81. The fourth-order valence-corrected chi connectivity index (χ4v) is 3.38. The van der Waals surface area contributed by atoms with Gasteiger partial charge in [0, 0.05) is 37.8 Å². The van der Waals surface area contributed by atoms with Crippen LogP contribution in [0.5, 0.6) is 0 Å². The van der Waals surface area contributed by atoms with E-state index in [4.69, 9.17) is 4.74 Å². The molecule has 0 bridgehead atoms. The Morgan fingerprint density at radius 1 is 1.08 bits per heavy atom. The third kappa shape index (κ3) is 5.85. The molecular formula is C20H30N2O3.